The van der Waals surface area contributed by atoms with Gasteiger partial charge in [0.2, 0.25) is 0 Å². The normalized spacial score (nSPS) is 12.4. The quantitative estimate of drug-likeness (QED) is 0.786. The second-order valence-electron chi connectivity index (χ2n) is 4.33. The first kappa shape index (κ1) is 13.3. The van der Waals surface area contributed by atoms with Gasteiger partial charge in [-0.25, -0.2) is 4.68 Å². The van der Waals surface area contributed by atoms with E-state index in [0.29, 0.717) is 23.1 Å². The van der Waals surface area contributed by atoms with Gasteiger partial charge in [-0.15, -0.1) is 0 Å². The lowest BCUT2D eigenvalue weighted by molar-refractivity contribution is -0.144. The Labute approximate surface area is 110 Å². The first-order chi connectivity index (χ1) is 9.06. The van der Waals surface area contributed by atoms with Gasteiger partial charge in [-0.05, 0) is 19.9 Å². The molecule has 100 valence electrons. The van der Waals surface area contributed by atoms with Crippen molar-refractivity contribution in [2.75, 3.05) is 6.61 Å². The van der Waals surface area contributed by atoms with Crippen molar-refractivity contribution >= 4 is 16.7 Å². The molecule has 1 aromatic heterocycles. The standard InChI is InChI=1S/C14H16N2O3/c1-4-19-14(18)9(2)12-10-7-5-6-8-11(10)13(17)16(3)15-12/h5-9H,4H2,1-3H3/t9-/m0/s1. The summed E-state index contributed by atoms with van der Waals surface area (Å²) in [5.41, 5.74) is 0.395. The highest BCUT2D eigenvalue weighted by Gasteiger charge is 2.22. The van der Waals surface area contributed by atoms with E-state index in [2.05, 4.69) is 5.10 Å². The Hall–Kier alpha value is -2.17. The molecule has 0 unspecified atom stereocenters. The predicted molar refractivity (Wildman–Crippen MR) is 72.0 cm³/mol. The molecule has 0 aliphatic heterocycles. The third-order valence-corrected chi connectivity index (χ3v) is 3.04. The fraction of sp³-hybridized carbons (Fsp3) is 0.357. The molecule has 19 heavy (non-hydrogen) atoms. The molecule has 2 aromatic rings. The van der Waals surface area contributed by atoms with Gasteiger partial charge < -0.3 is 4.74 Å². The lowest BCUT2D eigenvalue weighted by Gasteiger charge is -2.13. The van der Waals surface area contributed by atoms with E-state index in [1.807, 2.05) is 6.07 Å². The smallest absolute Gasteiger partial charge is 0.314 e. The highest BCUT2D eigenvalue weighted by molar-refractivity contribution is 5.89. The molecule has 2 rings (SSSR count). The molecule has 1 atom stereocenters. The molecule has 0 saturated carbocycles. The molecule has 0 amide bonds. The van der Waals surface area contributed by atoms with Gasteiger partial charge in [-0.1, -0.05) is 18.2 Å². The minimum absolute atomic E-state index is 0.171. The van der Waals surface area contributed by atoms with E-state index in [0.717, 1.165) is 0 Å². The van der Waals surface area contributed by atoms with Gasteiger partial charge in [0.15, 0.2) is 0 Å². The first-order valence-corrected chi connectivity index (χ1v) is 6.18. The number of carbonyl (C=O) groups excluding carboxylic acids is 1. The van der Waals surface area contributed by atoms with Crippen molar-refractivity contribution < 1.29 is 9.53 Å². The Morgan fingerprint density at radius 3 is 2.63 bits per heavy atom. The zero-order valence-corrected chi connectivity index (χ0v) is 11.2. The van der Waals surface area contributed by atoms with E-state index in [1.54, 1.807) is 39.1 Å². The first-order valence-electron chi connectivity index (χ1n) is 6.18. The van der Waals surface area contributed by atoms with Gasteiger partial charge in [-0.2, -0.15) is 5.10 Å². The van der Waals surface area contributed by atoms with Gasteiger partial charge in [0.05, 0.1) is 23.6 Å². The molecular formula is C14H16N2O3. The lowest BCUT2D eigenvalue weighted by atomic mass is 10.0. The summed E-state index contributed by atoms with van der Waals surface area (Å²) in [7, 11) is 1.58. The Kier molecular flexibility index (Phi) is 3.64. The highest BCUT2D eigenvalue weighted by atomic mass is 16.5. The molecule has 5 nitrogen and oxygen atoms in total. The van der Waals surface area contributed by atoms with Gasteiger partial charge >= 0.3 is 5.97 Å². The third-order valence-electron chi connectivity index (χ3n) is 3.04. The number of aromatic nitrogens is 2. The lowest BCUT2D eigenvalue weighted by Crippen LogP contribution is -2.24. The number of carbonyl (C=O) groups is 1. The molecule has 0 aliphatic carbocycles. The van der Waals surface area contributed by atoms with E-state index in [9.17, 15) is 9.59 Å². The number of rotatable bonds is 3. The number of aryl methyl sites for hydroxylation is 1. The zero-order valence-electron chi connectivity index (χ0n) is 11.2. The van der Waals surface area contributed by atoms with Crippen LogP contribution < -0.4 is 5.56 Å². The SMILES string of the molecule is CCOC(=O)[C@@H](C)c1nn(C)c(=O)c2ccccc12. The van der Waals surface area contributed by atoms with Crippen LogP contribution in [0.3, 0.4) is 0 Å². The van der Waals surface area contributed by atoms with Crippen LogP contribution in [0.5, 0.6) is 0 Å². The third kappa shape index (κ3) is 2.36. The van der Waals surface area contributed by atoms with Crippen molar-refractivity contribution in [3.8, 4) is 0 Å². The summed E-state index contributed by atoms with van der Waals surface area (Å²) in [6.45, 7) is 3.82. The highest BCUT2D eigenvalue weighted by Crippen LogP contribution is 2.22. The molecule has 0 aliphatic rings. The average Bonchev–Trinajstić information content (AvgIpc) is 2.42. The summed E-state index contributed by atoms with van der Waals surface area (Å²) >= 11 is 0. The van der Waals surface area contributed by atoms with Crippen molar-refractivity contribution in [2.45, 2.75) is 19.8 Å². The summed E-state index contributed by atoms with van der Waals surface area (Å²) in [6, 6.07) is 7.16. The van der Waals surface area contributed by atoms with Crippen LogP contribution in [0.25, 0.3) is 10.8 Å². The maximum absolute atomic E-state index is 12.0. The summed E-state index contributed by atoms with van der Waals surface area (Å²) in [5.74, 6) is -0.838. The second-order valence-corrected chi connectivity index (χ2v) is 4.33. The number of benzene rings is 1. The second kappa shape index (κ2) is 5.22. The van der Waals surface area contributed by atoms with Crippen LogP contribution >= 0.6 is 0 Å². The summed E-state index contributed by atoms with van der Waals surface area (Å²) in [6.07, 6.45) is 0. The summed E-state index contributed by atoms with van der Waals surface area (Å²) in [4.78, 5) is 23.8. The summed E-state index contributed by atoms with van der Waals surface area (Å²) in [5, 5.41) is 5.47. The molecule has 1 heterocycles. The monoisotopic (exact) mass is 260 g/mol. The maximum Gasteiger partial charge on any atom is 0.314 e. The number of hydrogen-bond acceptors (Lipinski definition) is 4. The number of esters is 1. The zero-order chi connectivity index (χ0) is 14.0. The Balaban J connectivity index is 2.64. The van der Waals surface area contributed by atoms with Gasteiger partial charge in [-0.3, -0.25) is 9.59 Å². The van der Waals surface area contributed by atoms with Crippen molar-refractivity contribution in [1.29, 1.82) is 0 Å². The number of fused-ring (bicyclic) bond motifs is 1. The molecular weight excluding hydrogens is 244 g/mol. The van der Waals surface area contributed by atoms with Crippen LogP contribution in [0.1, 0.15) is 25.5 Å². The van der Waals surface area contributed by atoms with E-state index in [4.69, 9.17) is 4.74 Å². The van der Waals surface area contributed by atoms with Crippen LogP contribution in [0, 0.1) is 0 Å². The van der Waals surface area contributed by atoms with E-state index in [1.165, 1.54) is 4.68 Å². The fourth-order valence-corrected chi connectivity index (χ4v) is 2.03. The Bertz CT molecular complexity index is 676. The molecule has 0 saturated heterocycles. The number of ether oxygens (including phenoxy) is 1. The van der Waals surface area contributed by atoms with Gasteiger partial charge in [0, 0.05) is 12.4 Å². The van der Waals surface area contributed by atoms with Gasteiger partial charge in [0.25, 0.3) is 5.56 Å². The van der Waals surface area contributed by atoms with Crippen molar-refractivity contribution in [3.05, 3.63) is 40.3 Å². The van der Waals surface area contributed by atoms with E-state index in [-0.39, 0.29) is 11.5 Å². The van der Waals surface area contributed by atoms with Gasteiger partial charge in [0.1, 0.15) is 0 Å². The fourth-order valence-electron chi connectivity index (χ4n) is 2.03. The largest absolute Gasteiger partial charge is 0.465 e. The number of nitrogens with zero attached hydrogens (tertiary/aromatic N) is 2. The molecule has 1 aromatic carbocycles. The predicted octanol–water partition coefficient (Wildman–Crippen LogP) is 1.60. The summed E-state index contributed by atoms with van der Waals surface area (Å²) < 4.78 is 6.27. The Morgan fingerprint density at radius 2 is 2.00 bits per heavy atom. The van der Waals surface area contributed by atoms with Crippen LogP contribution in [-0.2, 0) is 16.6 Å². The minimum Gasteiger partial charge on any atom is -0.465 e. The van der Waals surface area contributed by atoms with Crippen molar-refractivity contribution in [3.63, 3.8) is 0 Å². The molecule has 0 N–H and O–H groups in total. The van der Waals surface area contributed by atoms with Crippen LogP contribution in [0.2, 0.25) is 0 Å². The van der Waals surface area contributed by atoms with Crippen molar-refractivity contribution in [2.24, 2.45) is 7.05 Å². The minimum atomic E-state index is -0.503. The van der Waals surface area contributed by atoms with Crippen LogP contribution in [0.15, 0.2) is 29.1 Å². The molecule has 0 spiro atoms. The molecule has 5 heteroatoms. The van der Waals surface area contributed by atoms with E-state index < -0.39 is 5.92 Å². The average molecular weight is 260 g/mol. The molecule has 0 fully saturated rings. The molecule has 0 radical (unpaired) electrons. The van der Waals surface area contributed by atoms with Crippen LogP contribution in [-0.4, -0.2) is 22.4 Å². The maximum atomic E-state index is 12.0. The molecule has 0 bridgehead atoms. The van der Waals surface area contributed by atoms with Crippen LogP contribution in [0.4, 0.5) is 0 Å². The van der Waals surface area contributed by atoms with E-state index >= 15 is 0 Å². The van der Waals surface area contributed by atoms with Crippen molar-refractivity contribution in [1.82, 2.24) is 9.78 Å². The topological polar surface area (TPSA) is 61.2 Å². The Morgan fingerprint density at radius 1 is 1.37 bits per heavy atom. The number of hydrogen-bond donors (Lipinski definition) is 0.